The van der Waals surface area contributed by atoms with Gasteiger partial charge in [-0.15, -0.1) is 13.2 Å². The van der Waals surface area contributed by atoms with Crippen molar-refractivity contribution in [3.63, 3.8) is 0 Å². The van der Waals surface area contributed by atoms with Crippen LogP contribution >= 0.6 is 15.9 Å². The number of fused-ring (bicyclic) bond motifs is 1. The van der Waals surface area contributed by atoms with Gasteiger partial charge in [0.2, 0.25) is 17.7 Å². The third-order valence-corrected chi connectivity index (χ3v) is 11.4. The van der Waals surface area contributed by atoms with Crippen LogP contribution in [0.15, 0.2) is 55.6 Å². The standard InChI is InChI=1S/C38H54BrN3O7/c1-7-11-16-21-41(20-9-3)36(46)34-38-22-27(39)33(49-38)30(31(38)35(45)42(34)28(23-43)24(5)10-4)37(47)48-32(26-17-14-13-15-18-26)25(6)40-29(44)19-12-8-2/h8-9,13-15,17-18,24-25,27-28,30-34,43H,2-3,7,10-12,16,19-23H2,1,4-6H3,(H,40,44)/t24-,25-,27?,28-,30-,31+,32-,33-,34-,38+/m0/s1. The van der Waals surface area contributed by atoms with Crippen molar-refractivity contribution in [3.05, 3.63) is 61.2 Å². The van der Waals surface area contributed by atoms with Crippen molar-refractivity contribution < 1.29 is 33.8 Å². The minimum atomic E-state index is -1.30. The Balaban J connectivity index is 1.74. The van der Waals surface area contributed by atoms with E-state index in [9.17, 15) is 24.3 Å². The first-order chi connectivity index (χ1) is 23.5. The molecular formula is C38H54BrN3O7. The average Bonchev–Trinajstić information content (AvgIpc) is 3.69. The van der Waals surface area contributed by atoms with Crippen molar-refractivity contribution in [1.29, 1.82) is 0 Å². The fraction of sp³-hybridized carbons (Fsp3) is 0.632. The molecule has 0 radical (unpaired) electrons. The number of aliphatic hydroxyl groups excluding tert-OH is 1. The lowest BCUT2D eigenvalue weighted by Crippen LogP contribution is -2.60. The van der Waals surface area contributed by atoms with Crippen molar-refractivity contribution in [2.75, 3.05) is 19.7 Å². The Bertz CT molecular complexity index is 1340. The Kier molecular flexibility index (Phi) is 13.7. The van der Waals surface area contributed by atoms with E-state index in [2.05, 4.69) is 41.3 Å². The van der Waals surface area contributed by atoms with E-state index in [0.717, 1.165) is 19.3 Å². The number of carbonyl (C=O) groups excluding carboxylic acids is 4. The molecule has 0 aliphatic carbocycles. The number of likely N-dealkylation sites (tertiary alicyclic amines) is 1. The molecule has 3 fully saturated rings. The van der Waals surface area contributed by atoms with Gasteiger partial charge in [-0.25, -0.2) is 0 Å². The monoisotopic (exact) mass is 743 g/mol. The van der Waals surface area contributed by atoms with Crippen LogP contribution in [-0.2, 0) is 28.7 Å². The molecule has 1 spiro atoms. The van der Waals surface area contributed by atoms with Gasteiger partial charge in [0.05, 0.1) is 36.6 Å². The highest BCUT2D eigenvalue weighted by Crippen LogP contribution is 2.61. The summed E-state index contributed by atoms with van der Waals surface area (Å²) in [5, 5.41) is 13.6. The molecule has 11 heteroatoms. The number of unbranched alkanes of at least 4 members (excludes halogenated alkanes) is 2. The van der Waals surface area contributed by atoms with E-state index in [1.54, 1.807) is 24.0 Å². The Labute approximate surface area is 299 Å². The van der Waals surface area contributed by atoms with Crippen LogP contribution in [0.1, 0.15) is 84.3 Å². The quantitative estimate of drug-likeness (QED) is 0.0875. The summed E-state index contributed by atoms with van der Waals surface area (Å²) in [7, 11) is 0. The minimum absolute atomic E-state index is 0.122. The molecule has 2 N–H and O–H groups in total. The van der Waals surface area contributed by atoms with Crippen molar-refractivity contribution in [1.82, 2.24) is 15.1 Å². The minimum Gasteiger partial charge on any atom is -0.455 e. The fourth-order valence-electron chi connectivity index (χ4n) is 7.90. The van der Waals surface area contributed by atoms with Crippen molar-refractivity contribution >= 4 is 39.6 Å². The zero-order chi connectivity index (χ0) is 35.9. The Morgan fingerprint density at radius 3 is 2.51 bits per heavy atom. The maximum atomic E-state index is 14.8. The van der Waals surface area contributed by atoms with Crippen LogP contribution in [0.2, 0.25) is 0 Å². The zero-order valence-corrected chi connectivity index (χ0v) is 31.0. The number of esters is 1. The molecule has 3 amide bonds. The molecule has 3 aliphatic rings. The molecule has 0 aromatic heterocycles. The molecule has 3 saturated heterocycles. The maximum absolute atomic E-state index is 14.8. The highest BCUT2D eigenvalue weighted by atomic mass is 79.9. The van der Waals surface area contributed by atoms with Gasteiger partial charge in [0.1, 0.15) is 17.7 Å². The Hall–Kier alpha value is -3.02. The summed E-state index contributed by atoms with van der Waals surface area (Å²) in [5.74, 6) is -3.58. The Morgan fingerprint density at radius 1 is 1.18 bits per heavy atom. The first kappa shape index (κ1) is 38.8. The van der Waals surface area contributed by atoms with E-state index < -0.39 is 53.7 Å². The summed E-state index contributed by atoms with van der Waals surface area (Å²) in [4.78, 5) is 59.5. The number of hydrogen-bond acceptors (Lipinski definition) is 7. The summed E-state index contributed by atoms with van der Waals surface area (Å²) in [5.41, 5.74) is -0.604. The molecular weight excluding hydrogens is 690 g/mol. The summed E-state index contributed by atoms with van der Waals surface area (Å²) >= 11 is 3.75. The predicted molar refractivity (Wildman–Crippen MR) is 191 cm³/mol. The molecule has 3 heterocycles. The van der Waals surface area contributed by atoms with Crippen LogP contribution in [0, 0.1) is 17.8 Å². The van der Waals surface area contributed by atoms with Gasteiger partial charge in [0, 0.05) is 24.3 Å². The highest BCUT2D eigenvalue weighted by molar-refractivity contribution is 9.09. The number of ether oxygens (including phenoxy) is 2. The molecule has 1 aromatic carbocycles. The van der Waals surface area contributed by atoms with Gasteiger partial charge in [-0.1, -0.05) is 98.4 Å². The van der Waals surface area contributed by atoms with Crippen molar-refractivity contribution in [2.45, 2.75) is 113 Å². The van der Waals surface area contributed by atoms with E-state index in [-0.39, 0.29) is 41.5 Å². The van der Waals surface area contributed by atoms with Gasteiger partial charge in [0.15, 0.2) is 0 Å². The van der Waals surface area contributed by atoms with Crippen LogP contribution in [0.5, 0.6) is 0 Å². The van der Waals surface area contributed by atoms with E-state index in [1.807, 2.05) is 44.2 Å². The second-order valence-corrected chi connectivity index (χ2v) is 15.0. The largest absolute Gasteiger partial charge is 0.455 e. The van der Waals surface area contributed by atoms with Gasteiger partial charge in [-0.2, -0.15) is 0 Å². The lowest BCUT2D eigenvalue weighted by molar-refractivity contribution is -0.163. The third kappa shape index (κ3) is 7.84. The molecule has 10 atom stereocenters. The van der Waals surface area contributed by atoms with Crippen LogP contribution in [0.3, 0.4) is 0 Å². The number of rotatable bonds is 19. The average molecular weight is 745 g/mol. The first-order valence-electron chi connectivity index (χ1n) is 17.8. The number of benzene rings is 1. The first-order valence-corrected chi connectivity index (χ1v) is 18.7. The molecule has 1 unspecified atom stereocenters. The molecule has 49 heavy (non-hydrogen) atoms. The van der Waals surface area contributed by atoms with Crippen LogP contribution in [0.4, 0.5) is 0 Å². The normalized spacial score (nSPS) is 27.9. The van der Waals surface area contributed by atoms with E-state index in [1.165, 1.54) is 4.90 Å². The number of amides is 3. The lowest BCUT2D eigenvalue weighted by atomic mass is 9.70. The number of allylic oxidation sites excluding steroid dienone is 1. The molecule has 2 bridgehead atoms. The van der Waals surface area contributed by atoms with Crippen LogP contribution < -0.4 is 5.32 Å². The molecule has 1 aromatic rings. The van der Waals surface area contributed by atoms with Crippen LogP contribution in [-0.4, -0.2) is 93.0 Å². The van der Waals surface area contributed by atoms with E-state index in [0.29, 0.717) is 37.9 Å². The lowest BCUT2D eigenvalue weighted by Gasteiger charge is -2.41. The second-order valence-electron chi connectivity index (χ2n) is 13.8. The number of alkyl halides is 1. The predicted octanol–water partition coefficient (Wildman–Crippen LogP) is 5.10. The van der Waals surface area contributed by atoms with Gasteiger partial charge in [-0.3, -0.25) is 19.2 Å². The third-order valence-electron chi connectivity index (χ3n) is 10.6. The number of halogens is 1. The molecule has 4 rings (SSSR count). The zero-order valence-electron chi connectivity index (χ0n) is 29.4. The number of hydrogen-bond donors (Lipinski definition) is 2. The molecule has 10 nitrogen and oxygen atoms in total. The highest BCUT2D eigenvalue weighted by Gasteiger charge is 2.77. The topological polar surface area (TPSA) is 125 Å². The van der Waals surface area contributed by atoms with Gasteiger partial charge in [0.25, 0.3) is 0 Å². The fourth-order valence-corrected chi connectivity index (χ4v) is 8.84. The summed E-state index contributed by atoms with van der Waals surface area (Å²) in [6, 6.07) is 6.92. The van der Waals surface area contributed by atoms with E-state index >= 15 is 0 Å². The van der Waals surface area contributed by atoms with Crippen LogP contribution in [0.25, 0.3) is 0 Å². The molecule has 0 saturated carbocycles. The molecule has 270 valence electrons. The number of nitrogens with zero attached hydrogens (tertiary/aromatic N) is 2. The number of aliphatic hydroxyl groups is 1. The summed E-state index contributed by atoms with van der Waals surface area (Å²) < 4.78 is 13.0. The SMILES string of the molecule is C=CCCC(=O)N[C@@H](C)[C@H](OC(=O)[C@@H]1[C@H]2O[C@@]3(CC2Br)[C@H](C(=O)N(CC=C)CCCCC)N([C@@H](CO)[C@@H](C)CC)C(=O)[C@@H]13)c1ccccc1. The van der Waals surface area contributed by atoms with Gasteiger partial charge < -0.3 is 29.7 Å². The van der Waals surface area contributed by atoms with Gasteiger partial charge >= 0.3 is 5.97 Å². The van der Waals surface area contributed by atoms with Gasteiger partial charge in [-0.05, 0) is 37.7 Å². The number of carbonyl (C=O) groups is 4. The molecule has 3 aliphatic heterocycles. The Morgan fingerprint density at radius 2 is 1.90 bits per heavy atom. The number of nitrogens with one attached hydrogen (secondary N) is 1. The van der Waals surface area contributed by atoms with E-state index in [4.69, 9.17) is 9.47 Å². The van der Waals surface area contributed by atoms with Crippen molar-refractivity contribution in [3.8, 4) is 0 Å². The second kappa shape index (κ2) is 17.3. The smallest absolute Gasteiger partial charge is 0.313 e. The maximum Gasteiger partial charge on any atom is 0.313 e. The summed E-state index contributed by atoms with van der Waals surface area (Å²) in [6.07, 6.45) is 6.30. The summed E-state index contributed by atoms with van der Waals surface area (Å²) in [6.45, 7) is 15.8. The van der Waals surface area contributed by atoms with Crippen molar-refractivity contribution in [2.24, 2.45) is 17.8 Å².